The summed E-state index contributed by atoms with van der Waals surface area (Å²) in [5, 5.41) is 11.1. The Balaban J connectivity index is 2.54. The third kappa shape index (κ3) is 4.13. The highest BCUT2D eigenvalue weighted by Crippen LogP contribution is 2.07. The van der Waals surface area contributed by atoms with E-state index < -0.39 is 5.97 Å². The average molecular weight is 221 g/mol. The van der Waals surface area contributed by atoms with Gasteiger partial charge in [-0.05, 0) is 17.5 Å². The molecule has 2 N–H and O–H groups in total. The van der Waals surface area contributed by atoms with E-state index in [0.717, 1.165) is 11.1 Å². The first-order valence-corrected chi connectivity index (χ1v) is 5.12. The normalized spacial score (nSPS) is 9.81. The maximum Gasteiger partial charge on any atom is 0.303 e. The van der Waals surface area contributed by atoms with E-state index in [1.807, 2.05) is 24.3 Å². The van der Waals surface area contributed by atoms with Crippen LogP contribution in [0.3, 0.4) is 0 Å². The Morgan fingerprint density at radius 1 is 1.19 bits per heavy atom. The Morgan fingerprint density at radius 3 is 2.25 bits per heavy atom. The van der Waals surface area contributed by atoms with Crippen molar-refractivity contribution < 1.29 is 14.7 Å². The Morgan fingerprint density at radius 2 is 1.75 bits per heavy atom. The van der Waals surface area contributed by atoms with Gasteiger partial charge in [0.05, 0.1) is 6.42 Å². The van der Waals surface area contributed by atoms with E-state index in [-0.39, 0.29) is 12.3 Å². The smallest absolute Gasteiger partial charge is 0.303 e. The first-order chi connectivity index (χ1) is 7.61. The molecule has 1 aromatic carbocycles. The van der Waals surface area contributed by atoms with Crippen molar-refractivity contribution in [2.24, 2.45) is 0 Å². The quantitative estimate of drug-likeness (QED) is 0.779. The topological polar surface area (TPSA) is 66.4 Å². The zero-order valence-corrected chi connectivity index (χ0v) is 9.19. The van der Waals surface area contributed by atoms with Crippen molar-refractivity contribution in [2.45, 2.75) is 19.3 Å². The van der Waals surface area contributed by atoms with Gasteiger partial charge in [0.2, 0.25) is 5.91 Å². The van der Waals surface area contributed by atoms with Crippen molar-refractivity contribution in [3.05, 3.63) is 35.4 Å². The Bertz CT molecular complexity index is 370. The molecule has 0 unspecified atom stereocenters. The molecule has 0 aliphatic rings. The van der Waals surface area contributed by atoms with Crippen molar-refractivity contribution in [3.8, 4) is 0 Å². The first-order valence-electron chi connectivity index (χ1n) is 5.12. The number of carboxylic acid groups (broad SMARTS) is 1. The van der Waals surface area contributed by atoms with Crippen LogP contribution in [0.1, 0.15) is 17.5 Å². The third-order valence-electron chi connectivity index (χ3n) is 2.29. The summed E-state index contributed by atoms with van der Waals surface area (Å²) in [7, 11) is 1.60. The van der Waals surface area contributed by atoms with Crippen LogP contribution in [-0.4, -0.2) is 24.0 Å². The second-order valence-electron chi connectivity index (χ2n) is 3.56. The number of carbonyl (C=O) groups excluding carboxylic acids is 1. The first kappa shape index (κ1) is 12.2. The molecule has 0 aromatic heterocycles. The minimum Gasteiger partial charge on any atom is -0.481 e. The minimum atomic E-state index is -0.797. The highest BCUT2D eigenvalue weighted by Gasteiger charge is 2.02. The molecular formula is C12H15NO3. The van der Waals surface area contributed by atoms with E-state index in [2.05, 4.69) is 5.32 Å². The molecule has 86 valence electrons. The molecule has 0 radical (unpaired) electrons. The summed E-state index contributed by atoms with van der Waals surface area (Å²) in [4.78, 5) is 21.5. The van der Waals surface area contributed by atoms with E-state index in [0.29, 0.717) is 12.8 Å². The Hall–Kier alpha value is -1.84. The maximum absolute atomic E-state index is 11.1. The van der Waals surface area contributed by atoms with Crippen LogP contribution in [0, 0.1) is 0 Å². The molecule has 0 atom stereocenters. The number of aliphatic carboxylic acids is 1. The van der Waals surface area contributed by atoms with Gasteiger partial charge in [-0.1, -0.05) is 24.3 Å². The molecule has 0 fully saturated rings. The van der Waals surface area contributed by atoms with Gasteiger partial charge in [0.25, 0.3) is 0 Å². The summed E-state index contributed by atoms with van der Waals surface area (Å²) in [5.41, 5.74) is 1.90. The van der Waals surface area contributed by atoms with Crippen LogP contribution in [0.4, 0.5) is 0 Å². The van der Waals surface area contributed by atoms with Gasteiger partial charge in [0.15, 0.2) is 0 Å². The molecule has 4 heteroatoms. The Labute approximate surface area is 94.3 Å². The maximum atomic E-state index is 11.1. The number of carbonyl (C=O) groups is 2. The lowest BCUT2D eigenvalue weighted by molar-refractivity contribution is -0.137. The van der Waals surface area contributed by atoms with Crippen LogP contribution in [0.2, 0.25) is 0 Å². The van der Waals surface area contributed by atoms with Gasteiger partial charge in [-0.2, -0.15) is 0 Å². The van der Waals surface area contributed by atoms with E-state index >= 15 is 0 Å². The fourth-order valence-corrected chi connectivity index (χ4v) is 1.35. The second-order valence-corrected chi connectivity index (χ2v) is 3.56. The summed E-state index contributed by atoms with van der Waals surface area (Å²) >= 11 is 0. The number of hydrogen-bond donors (Lipinski definition) is 2. The van der Waals surface area contributed by atoms with Crippen molar-refractivity contribution in [1.82, 2.24) is 5.32 Å². The zero-order valence-electron chi connectivity index (χ0n) is 9.19. The summed E-state index contributed by atoms with van der Waals surface area (Å²) in [6.45, 7) is 0. The standard InChI is InChI=1S/C12H15NO3/c1-13-11(14)8-10-4-2-9(3-5-10)6-7-12(15)16/h2-5H,6-8H2,1H3,(H,13,14)(H,15,16). The lowest BCUT2D eigenvalue weighted by atomic mass is 10.1. The molecule has 1 amide bonds. The van der Waals surface area contributed by atoms with E-state index in [1.165, 1.54) is 0 Å². The number of hydrogen-bond acceptors (Lipinski definition) is 2. The van der Waals surface area contributed by atoms with Crippen molar-refractivity contribution >= 4 is 11.9 Å². The van der Waals surface area contributed by atoms with Crippen LogP contribution in [0.5, 0.6) is 0 Å². The van der Waals surface area contributed by atoms with Crippen LogP contribution >= 0.6 is 0 Å². The minimum absolute atomic E-state index is 0.0294. The highest BCUT2D eigenvalue weighted by atomic mass is 16.4. The fourth-order valence-electron chi connectivity index (χ4n) is 1.35. The van der Waals surface area contributed by atoms with E-state index in [9.17, 15) is 9.59 Å². The van der Waals surface area contributed by atoms with Crippen LogP contribution < -0.4 is 5.32 Å². The summed E-state index contributed by atoms with van der Waals surface area (Å²) in [6, 6.07) is 7.43. The molecule has 4 nitrogen and oxygen atoms in total. The van der Waals surface area contributed by atoms with Gasteiger partial charge in [0, 0.05) is 13.5 Å². The highest BCUT2D eigenvalue weighted by molar-refractivity contribution is 5.78. The van der Waals surface area contributed by atoms with Gasteiger partial charge < -0.3 is 10.4 Å². The second kappa shape index (κ2) is 5.90. The molecule has 0 bridgehead atoms. The monoisotopic (exact) mass is 221 g/mol. The lowest BCUT2D eigenvalue weighted by Crippen LogP contribution is -2.19. The molecule has 0 heterocycles. The van der Waals surface area contributed by atoms with Crippen molar-refractivity contribution in [2.75, 3.05) is 7.05 Å². The number of benzene rings is 1. The van der Waals surface area contributed by atoms with Gasteiger partial charge in [-0.25, -0.2) is 0 Å². The number of aryl methyl sites for hydroxylation is 1. The van der Waals surface area contributed by atoms with Crippen LogP contribution in [0.25, 0.3) is 0 Å². The summed E-state index contributed by atoms with van der Waals surface area (Å²) < 4.78 is 0. The molecule has 0 aliphatic heterocycles. The Kier molecular flexibility index (Phi) is 4.51. The van der Waals surface area contributed by atoms with E-state index in [1.54, 1.807) is 7.05 Å². The zero-order chi connectivity index (χ0) is 12.0. The van der Waals surface area contributed by atoms with Crippen LogP contribution in [0.15, 0.2) is 24.3 Å². The third-order valence-corrected chi connectivity index (χ3v) is 2.29. The summed E-state index contributed by atoms with van der Waals surface area (Å²) in [5.74, 6) is -0.826. The van der Waals surface area contributed by atoms with Gasteiger partial charge >= 0.3 is 5.97 Å². The molecule has 0 spiro atoms. The summed E-state index contributed by atoms with van der Waals surface area (Å²) in [6.07, 6.45) is 1.01. The van der Waals surface area contributed by atoms with Gasteiger partial charge in [-0.3, -0.25) is 9.59 Å². The largest absolute Gasteiger partial charge is 0.481 e. The molecule has 1 rings (SSSR count). The van der Waals surface area contributed by atoms with Crippen molar-refractivity contribution in [3.63, 3.8) is 0 Å². The average Bonchev–Trinajstić information content (AvgIpc) is 2.28. The predicted molar refractivity (Wildman–Crippen MR) is 60.2 cm³/mol. The number of rotatable bonds is 5. The number of carboxylic acids is 1. The number of nitrogens with one attached hydrogen (secondary N) is 1. The molecular weight excluding hydrogens is 206 g/mol. The van der Waals surface area contributed by atoms with E-state index in [4.69, 9.17) is 5.11 Å². The van der Waals surface area contributed by atoms with Crippen LogP contribution in [-0.2, 0) is 22.4 Å². The molecule has 0 saturated heterocycles. The molecule has 16 heavy (non-hydrogen) atoms. The van der Waals surface area contributed by atoms with Gasteiger partial charge in [0.1, 0.15) is 0 Å². The lowest BCUT2D eigenvalue weighted by Gasteiger charge is -2.02. The molecule has 0 saturated carbocycles. The SMILES string of the molecule is CNC(=O)Cc1ccc(CCC(=O)O)cc1. The fraction of sp³-hybridized carbons (Fsp3) is 0.333. The predicted octanol–water partition coefficient (Wildman–Crippen LogP) is 0.992. The number of amides is 1. The molecule has 0 aliphatic carbocycles. The number of likely N-dealkylation sites (N-methyl/N-ethyl adjacent to an activating group) is 1. The molecule has 1 aromatic rings. The van der Waals surface area contributed by atoms with Gasteiger partial charge in [-0.15, -0.1) is 0 Å². The van der Waals surface area contributed by atoms with Crippen molar-refractivity contribution in [1.29, 1.82) is 0 Å².